The van der Waals surface area contributed by atoms with Gasteiger partial charge in [-0.05, 0) is 56.4 Å². The second kappa shape index (κ2) is 9.40. The van der Waals surface area contributed by atoms with Crippen LogP contribution in [-0.4, -0.2) is 51.4 Å². The van der Waals surface area contributed by atoms with E-state index < -0.39 is 10.0 Å². The Kier molecular flexibility index (Phi) is 6.62. The number of rotatable bonds is 7. The average molecular weight is 442 g/mol. The molecule has 1 fully saturated rings. The average Bonchev–Trinajstić information content (AvgIpc) is 3.20. The molecule has 2 aromatic rings. The molecule has 0 spiro atoms. The summed E-state index contributed by atoms with van der Waals surface area (Å²) in [6.45, 7) is 5.34. The third kappa shape index (κ3) is 4.93. The first-order valence-electron chi connectivity index (χ1n) is 11.1. The van der Waals surface area contributed by atoms with E-state index in [4.69, 9.17) is 0 Å². The number of nitrogens with one attached hydrogen (secondary N) is 1. The van der Waals surface area contributed by atoms with Crippen molar-refractivity contribution in [2.24, 2.45) is 5.92 Å². The van der Waals surface area contributed by atoms with E-state index in [1.807, 2.05) is 19.1 Å². The Balaban J connectivity index is 1.20. The predicted octanol–water partition coefficient (Wildman–Crippen LogP) is 2.96. The first-order valence-corrected chi connectivity index (χ1v) is 12.6. The number of carbonyl (C=O) groups is 1. The lowest BCUT2D eigenvalue weighted by atomic mass is 9.97. The van der Waals surface area contributed by atoms with E-state index in [9.17, 15) is 13.2 Å². The lowest BCUT2D eigenvalue weighted by molar-refractivity contribution is -0.126. The molecule has 2 aliphatic heterocycles. The van der Waals surface area contributed by atoms with Gasteiger partial charge in [0.2, 0.25) is 15.9 Å². The summed E-state index contributed by atoms with van der Waals surface area (Å²) in [4.78, 5) is 15.3. The van der Waals surface area contributed by atoms with Gasteiger partial charge in [-0.15, -0.1) is 0 Å². The molecule has 6 nitrogen and oxygen atoms in total. The van der Waals surface area contributed by atoms with Crippen LogP contribution in [0.4, 0.5) is 5.69 Å². The van der Waals surface area contributed by atoms with E-state index in [0.29, 0.717) is 37.4 Å². The largest absolute Gasteiger partial charge is 0.371 e. The number of carbonyl (C=O) groups excluding carboxylic acids is 1. The van der Waals surface area contributed by atoms with Gasteiger partial charge in [-0.25, -0.2) is 8.42 Å². The summed E-state index contributed by atoms with van der Waals surface area (Å²) in [6.07, 6.45) is 3.13. The Hall–Kier alpha value is -2.38. The molecule has 0 bridgehead atoms. The number of amides is 1. The third-order valence-electron chi connectivity index (χ3n) is 6.37. The zero-order valence-corrected chi connectivity index (χ0v) is 18.9. The highest BCUT2D eigenvalue weighted by atomic mass is 32.2. The SMILES string of the molecule is Cc1ccc(S(=O)(=O)N2CCC(C(=O)NCCCN3CCc4ccccc43)CC2)cc1. The van der Waals surface area contributed by atoms with Crippen LogP contribution < -0.4 is 10.2 Å². The Bertz CT molecular complexity index is 1010. The van der Waals surface area contributed by atoms with Crippen LogP contribution in [0, 0.1) is 12.8 Å². The molecule has 1 amide bonds. The van der Waals surface area contributed by atoms with Crippen LogP contribution in [-0.2, 0) is 21.2 Å². The van der Waals surface area contributed by atoms with Crippen LogP contribution in [0.2, 0.25) is 0 Å². The summed E-state index contributed by atoms with van der Waals surface area (Å²) < 4.78 is 27.1. The van der Waals surface area contributed by atoms with Crippen LogP contribution in [0.1, 0.15) is 30.4 Å². The van der Waals surface area contributed by atoms with Crippen LogP contribution in [0.25, 0.3) is 0 Å². The van der Waals surface area contributed by atoms with Crippen LogP contribution in [0.5, 0.6) is 0 Å². The molecule has 0 unspecified atom stereocenters. The minimum atomic E-state index is -3.49. The van der Waals surface area contributed by atoms with Gasteiger partial charge in [0, 0.05) is 44.3 Å². The van der Waals surface area contributed by atoms with E-state index in [1.165, 1.54) is 15.6 Å². The molecule has 1 N–H and O–H groups in total. The minimum Gasteiger partial charge on any atom is -0.371 e. The van der Waals surface area contributed by atoms with Gasteiger partial charge in [0.1, 0.15) is 0 Å². The second-order valence-corrected chi connectivity index (χ2v) is 10.4. The van der Waals surface area contributed by atoms with Gasteiger partial charge >= 0.3 is 0 Å². The maximum absolute atomic E-state index is 12.8. The quantitative estimate of drug-likeness (QED) is 0.671. The van der Waals surface area contributed by atoms with Gasteiger partial charge in [0.25, 0.3) is 0 Å². The number of sulfonamides is 1. The summed E-state index contributed by atoms with van der Waals surface area (Å²) >= 11 is 0. The molecule has 0 radical (unpaired) electrons. The second-order valence-electron chi connectivity index (χ2n) is 8.50. The van der Waals surface area contributed by atoms with E-state index in [1.54, 1.807) is 12.1 Å². The predicted molar refractivity (Wildman–Crippen MR) is 123 cm³/mol. The Morgan fingerprint density at radius 2 is 1.74 bits per heavy atom. The molecule has 1 saturated heterocycles. The summed E-state index contributed by atoms with van der Waals surface area (Å²) in [6, 6.07) is 15.4. The summed E-state index contributed by atoms with van der Waals surface area (Å²) in [5.41, 5.74) is 3.75. The lowest BCUT2D eigenvalue weighted by Gasteiger charge is -2.30. The van der Waals surface area contributed by atoms with Gasteiger partial charge in [0.15, 0.2) is 0 Å². The van der Waals surface area contributed by atoms with Gasteiger partial charge in [-0.3, -0.25) is 4.79 Å². The van der Waals surface area contributed by atoms with Crippen molar-refractivity contribution in [3.8, 4) is 0 Å². The van der Waals surface area contributed by atoms with Gasteiger partial charge in [-0.1, -0.05) is 35.9 Å². The lowest BCUT2D eigenvalue weighted by Crippen LogP contribution is -2.43. The third-order valence-corrected chi connectivity index (χ3v) is 8.28. The number of hydrogen-bond acceptors (Lipinski definition) is 4. The van der Waals surface area contributed by atoms with E-state index in [0.717, 1.165) is 31.5 Å². The summed E-state index contributed by atoms with van der Waals surface area (Å²) in [5.74, 6) is -0.0637. The Morgan fingerprint density at radius 1 is 1.03 bits per heavy atom. The number of para-hydroxylation sites is 1. The molecule has 0 atom stereocenters. The van der Waals surface area contributed by atoms with Crippen molar-refractivity contribution < 1.29 is 13.2 Å². The van der Waals surface area contributed by atoms with Crippen LogP contribution in [0.15, 0.2) is 53.4 Å². The molecule has 4 rings (SSSR count). The van der Waals surface area contributed by atoms with Crippen molar-refractivity contribution in [2.75, 3.05) is 37.6 Å². The van der Waals surface area contributed by atoms with Gasteiger partial charge in [0.05, 0.1) is 4.90 Å². The fourth-order valence-corrected chi connectivity index (χ4v) is 5.95. The number of benzene rings is 2. The van der Waals surface area contributed by atoms with Gasteiger partial charge < -0.3 is 10.2 Å². The zero-order chi connectivity index (χ0) is 21.8. The molecular formula is C24H31N3O3S. The molecule has 2 aliphatic rings. The molecule has 0 aliphatic carbocycles. The van der Waals surface area contributed by atoms with Crippen molar-refractivity contribution in [1.82, 2.24) is 9.62 Å². The van der Waals surface area contributed by atoms with Crippen molar-refractivity contribution in [2.45, 2.75) is 37.5 Å². The normalized spacial score (nSPS) is 17.5. The fourth-order valence-electron chi connectivity index (χ4n) is 4.48. The number of nitrogens with zero attached hydrogens (tertiary/aromatic N) is 2. The number of fused-ring (bicyclic) bond motifs is 1. The zero-order valence-electron chi connectivity index (χ0n) is 18.1. The molecule has 2 heterocycles. The molecule has 31 heavy (non-hydrogen) atoms. The molecule has 7 heteroatoms. The van der Waals surface area contributed by atoms with Crippen molar-refractivity contribution >= 4 is 21.6 Å². The first kappa shape index (κ1) is 21.8. The molecular weight excluding hydrogens is 410 g/mol. The topological polar surface area (TPSA) is 69.7 Å². The van der Waals surface area contributed by atoms with Crippen molar-refractivity contribution in [3.05, 3.63) is 59.7 Å². The number of aryl methyl sites for hydroxylation is 1. The maximum atomic E-state index is 12.8. The summed E-state index contributed by atoms with van der Waals surface area (Å²) in [7, 11) is -3.49. The summed E-state index contributed by atoms with van der Waals surface area (Å²) in [5, 5.41) is 3.06. The molecule has 0 saturated carbocycles. The van der Waals surface area contributed by atoms with Crippen molar-refractivity contribution in [3.63, 3.8) is 0 Å². The number of piperidine rings is 1. The van der Waals surface area contributed by atoms with E-state index >= 15 is 0 Å². The first-order chi connectivity index (χ1) is 14.9. The van der Waals surface area contributed by atoms with E-state index in [2.05, 4.69) is 34.5 Å². The number of anilines is 1. The smallest absolute Gasteiger partial charge is 0.243 e. The molecule has 166 valence electrons. The fraction of sp³-hybridized carbons (Fsp3) is 0.458. The van der Waals surface area contributed by atoms with Crippen LogP contribution in [0.3, 0.4) is 0 Å². The number of hydrogen-bond donors (Lipinski definition) is 1. The van der Waals surface area contributed by atoms with Gasteiger partial charge in [-0.2, -0.15) is 4.31 Å². The maximum Gasteiger partial charge on any atom is 0.243 e. The van der Waals surface area contributed by atoms with Crippen LogP contribution >= 0.6 is 0 Å². The Morgan fingerprint density at radius 3 is 2.48 bits per heavy atom. The van der Waals surface area contributed by atoms with E-state index in [-0.39, 0.29) is 11.8 Å². The highest BCUT2D eigenvalue weighted by Crippen LogP contribution is 2.27. The molecule has 2 aromatic carbocycles. The minimum absolute atomic E-state index is 0.0502. The highest BCUT2D eigenvalue weighted by molar-refractivity contribution is 7.89. The van der Waals surface area contributed by atoms with Crippen molar-refractivity contribution in [1.29, 1.82) is 0 Å². The monoisotopic (exact) mass is 441 g/mol. The highest BCUT2D eigenvalue weighted by Gasteiger charge is 2.32. The Labute approximate surface area is 185 Å². The standard InChI is InChI=1S/C24H31N3O3S/c1-19-7-9-22(10-8-19)31(29,30)27-17-12-21(13-18-27)24(28)25-14-4-15-26-16-11-20-5-2-3-6-23(20)26/h2-3,5-10,21H,4,11-18H2,1H3,(H,25,28). The molecule has 0 aromatic heterocycles.